The Labute approximate surface area is 78.1 Å². The van der Waals surface area contributed by atoms with Gasteiger partial charge in [-0.05, 0) is 13.3 Å². The van der Waals surface area contributed by atoms with Crippen LogP contribution in [0.3, 0.4) is 0 Å². The van der Waals surface area contributed by atoms with E-state index in [9.17, 15) is 10.2 Å². The number of hydrogen-bond donors (Lipinski definition) is 3. The van der Waals surface area contributed by atoms with Gasteiger partial charge in [-0.15, -0.1) is 0 Å². The summed E-state index contributed by atoms with van der Waals surface area (Å²) < 4.78 is 5.36. The highest BCUT2D eigenvalue weighted by molar-refractivity contribution is 4.89. The third-order valence-electron chi connectivity index (χ3n) is 2.81. The van der Waals surface area contributed by atoms with Gasteiger partial charge in [0, 0.05) is 5.92 Å². The molecule has 1 heterocycles. The van der Waals surface area contributed by atoms with E-state index in [0.29, 0.717) is 0 Å². The Morgan fingerprint density at radius 2 is 1.85 bits per heavy atom. The summed E-state index contributed by atoms with van der Waals surface area (Å²) in [4.78, 5) is 0. The molecule has 1 saturated heterocycles. The summed E-state index contributed by atoms with van der Waals surface area (Å²) in [7, 11) is 0. The van der Waals surface area contributed by atoms with Crippen LogP contribution in [0.25, 0.3) is 0 Å². The van der Waals surface area contributed by atoms with Crippen molar-refractivity contribution in [2.45, 2.75) is 44.7 Å². The summed E-state index contributed by atoms with van der Waals surface area (Å²) in [5.41, 5.74) is 0. The number of rotatable bonds is 2. The van der Waals surface area contributed by atoms with E-state index >= 15 is 0 Å². The van der Waals surface area contributed by atoms with Gasteiger partial charge in [-0.3, -0.25) is 0 Å². The zero-order valence-corrected chi connectivity index (χ0v) is 8.05. The van der Waals surface area contributed by atoms with Crippen LogP contribution >= 0.6 is 0 Å². The second-order valence-corrected chi connectivity index (χ2v) is 3.62. The highest BCUT2D eigenvalue weighted by atomic mass is 16.5. The van der Waals surface area contributed by atoms with Gasteiger partial charge in [0.25, 0.3) is 0 Å². The van der Waals surface area contributed by atoms with Gasteiger partial charge < -0.3 is 20.1 Å². The SMILES string of the molecule is CC[C@H]1C(C)O[C@H](CO)[C@H](O)[C@@H]1O. The second-order valence-electron chi connectivity index (χ2n) is 3.62. The van der Waals surface area contributed by atoms with Gasteiger partial charge in [0.2, 0.25) is 0 Å². The number of ether oxygens (including phenoxy) is 1. The van der Waals surface area contributed by atoms with E-state index in [2.05, 4.69) is 0 Å². The van der Waals surface area contributed by atoms with Crippen LogP contribution in [-0.2, 0) is 4.74 Å². The summed E-state index contributed by atoms with van der Waals surface area (Å²) in [6.07, 6.45) is -1.75. The lowest BCUT2D eigenvalue weighted by atomic mass is 9.86. The number of hydrogen-bond acceptors (Lipinski definition) is 4. The molecule has 5 atom stereocenters. The van der Waals surface area contributed by atoms with Gasteiger partial charge in [0.1, 0.15) is 12.2 Å². The van der Waals surface area contributed by atoms with Crippen molar-refractivity contribution < 1.29 is 20.1 Å². The average Bonchev–Trinajstić information content (AvgIpc) is 2.12. The van der Waals surface area contributed by atoms with Crippen LogP contribution in [-0.4, -0.2) is 46.3 Å². The van der Waals surface area contributed by atoms with Crippen molar-refractivity contribution in [1.82, 2.24) is 0 Å². The molecule has 4 nitrogen and oxygen atoms in total. The van der Waals surface area contributed by atoms with E-state index in [0.717, 1.165) is 6.42 Å². The van der Waals surface area contributed by atoms with Crippen LogP contribution in [0.1, 0.15) is 20.3 Å². The molecule has 13 heavy (non-hydrogen) atoms. The molecule has 0 spiro atoms. The molecule has 0 aromatic heterocycles. The minimum atomic E-state index is -0.967. The minimum absolute atomic E-state index is 0.0437. The smallest absolute Gasteiger partial charge is 0.109 e. The lowest BCUT2D eigenvalue weighted by Crippen LogP contribution is -2.54. The van der Waals surface area contributed by atoms with Crippen molar-refractivity contribution in [2.75, 3.05) is 6.61 Å². The topological polar surface area (TPSA) is 69.9 Å². The summed E-state index contributed by atoms with van der Waals surface area (Å²) in [5, 5.41) is 28.0. The fourth-order valence-corrected chi connectivity index (χ4v) is 1.93. The zero-order valence-electron chi connectivity index (χ0n) is 8.05. The second kappa shape index (κ2) is 4.37. The first-order chi connectivity index (χ1) is 6.11. The highest BCUT2D eigenvalue weighted by Gasteiger charge is 2.40. The molecule has 0 aromatic rings. The third-order valence-corrected chi connectivity index (χ3v) is 2.81. The molecule has 0 aromatic carbocycles. The molecule has 0 bridgehead atoms. The minimum Gasteiger partial charge on any atom is -0.394 e. The lowest BCUT2D eigenvalue weighted by Gasteiger charge is -2.40. The number of aliphatic hydroxyl groups excluding tert-OH is 3. The molecule has 0 saturated carbocycles. The van der Waals surface area contributed by atoms with Crippen molar-refractivity contribution in [1.29, 1.82) is 0 Å². The quantitative estimate of drug-likeness (QED) is 0.550. The Hall–Kier alpha value is -0.160. The lowest BCUT2D eigenvalue weighted by molar-refractivity contribution is -0.204. The van der Waals surface area contributed by atoms with Gasteiger partial charge in [0.05, 0.1) is 18.8 Å². The van der Waals surface area contributed by atoms with Crippen LogP contribution in [0.15, 0.2) is 0 Å². The Balaban J connectivity index is 2.66. The van der Waals surface area contributed by atoms with Crippen molar-refractivity contribution in [3.05, 3.63) is 0 Å². The Morgan fingerprint density at radius 1 is 1.23 bits per heavy atom. The maximum Gasteiger partial charge on any atom is 0.109 e. The summed E-state index contributed by atoms with van der Waals surface area (Å²) >= 11 is 0. The average molecular weight is 190 g/mol. The van der Waals surface area contributed by atoms with Crippen molar-refractivity contribution in [2.24, 2.45) is 5.92 Å². The Kier molecular flexibility index (Phi) is 3.67. The molecule has 0 aliphatic carbocycles. The standard InChI is InChI=1S/C9H18O4/c1-3-6-5(2)13-7(4-10)9(12)8(6)11/h5-12H,3-4H2,1-2H3/t5?,6-,7+,8+,9-/m0/s1. The first kappa shape index (κ1) is 10.9. The van der Waals surface area contributed by atoms with E-state index in [1.54, 1.807) is 0 Å². The fraction of sp³-hybridized carbons (Fsp3) is 1.00. The van der Waals surface area contributed by atoms with Crippen molar-refractivity contribution in [3.63, 3.8) is 0 Å². The molecule has 1 fully saturated rings. The Bertz CT molecular complexity index is 162. The molecule has 0 amide bonds. The predicted octanol–water partition coefficient (Wildman–Crippen LogP) is -0.486. The molecule has 4 heteroatoms. The van der Waals surface area contributed by atoms with Crippen LogP contribution in [0.2, 0.25) is 0 Å². The predicted molar refractivity (Wildman–Crippen MR) is 47.2 cm³/mol. The van der Waals surface area contributed by atoms with E-state index in [-0.39, 0.29) is 18.6 Å². The first-order valence-electron chi connectivity index (χ1n) is 4.74. The molecule has 1 aliphatic rings. The van der Waals surface area contributed by atoms with Crippen LogP contribution < -0.4 is 0 Å². The first-order valence-corrected chi connectivity index (χ1v) is 4.74. The summed E-state index contributed by atoms with van der Waals surface area (Å²) in [5.74, 6) is -0.0437. The van der Waals surface area contributed by atoms with E-state index in [1.165, 1.54) is 0 Å². The molecule has 1 unspecified atom stereocenters. The molecule has 1 rings (SSSR count). The van der Waals surface area contributed by atoms with Crippen LogP contribution in [0.4, 0.5) is 0 Å². The van der Waals surface area contributed by atoms with E-state index < -0.39 is 18.3 Å². The van der Waals surface area contributed by atoms with Crippen LogP contribution in [0.5, 0.6) is 0 Å². The van der Waals surface area contributed by atoms with Crippen molar-refractivity contribution >= 4 is 0 Å². The maximum absolute atomic E-state index is 9.67. The van der Waals surface area contributed by atoms with Gasteiger partial charge in [-0.2, -0.15) is 0 Å². The zero-order chi connectivity index (χ0) is 10.0. The summed E-state index contributed by atoms with van der Waals surface area (Å²) in [6, 6.07) is 0. The fourth-order valence-electron chi connectivity index (χ4n) is 1.93. The monoisotopic (exact) mass is 190 g/mol. The molecule has 78 valence electrons. The van der Waals surface area contributed by atoms with Crippen molar-refractivity contribution in [3.8, 4) is 0 Å². The Morgan fingerprint density at radius 3 is 2.31 bits per heavy atom. The third kappa shape index (κ3) is 2.02. The van der Waals surface area contributed by atoms with Gasteiger partial charge in [-0.25, -0.2) is 0 Å². The van der Waals surface area contributed by atoms with Gasteiger partial charge in [-0.1, -0.05) is 6.92 Å². The molecule has 3 N–H and O–H groups in total. The van der Waals surface area contributed by atoms with Gasteiger partial charge >= 0.3 is 0 Å². The largest absolute Gasteiger partial charge is 0.394 e. The molecule has 0 radical (unpaired) electrons. The normalized spacial score (nSPS) is 46.4. The van der Waals surface area contributed by atoms with Gasteiger partial charge in [0.15, 0.2) is 0 Å². The molecule has 1 aliphatic heterocycles. The van der Waals surface area contributed by atoms with Crippen LogP contribution in [0, 0.1) is 5.92 Å². The molecular weight excluding hydrogens is 172 g/mol. The highest BCUT2D eigenvalue weighted by Crippen LogP contribution is 2.27. The summed E-state index contributed by atoms with van der Waals surface area (Å²) in [6.45, 7) is 3.55. The van der Waals surface area contributed by atoms with E-state index in [4.69, 9.17) is 9.84 Å². The molecular formula is C9H18O4. The maximum atomic E-state index is 9.67. The number of aliphatic hydroxyl groups is 3. The van der Waals surface area contributed by atoms with E-state index in [1.807, 2.05) is 13.8 Å².